The van der Waals surface area contributed by atoms with Crippen LogP contribution in [0.25, 0.3) is 0 Å². The molecule has 2 nitrogen and oxygen atoms in total. The first kappa shape index (κ1) is 10.2. The number of hydrogen-bond donors (Lipinski definition) is 2. The van der Waals surface area contributed by atoms with Gasteiger partial charge in [0.15, 0.2) is 0 Å². The molecular weight excluding hydrogens is 198 g/mol. The van der Waals surface area contributed by atoms with Gasteiger partial charge in [-0.3, -0.25) is 0 Å². The molecule has 2 aliphatic carbocycles. The minimum absolute atomic E-state index is 0.395. The van der Waals surface area contributed by atoms with Crippen LogP contribution in [0.3, 0.4) is 0 Å². The molecule has 0 spiro atoms. The van der Waals surface area contributed by atoms with Crippen molar-refractivity contribution in [3.8, 4) is 5.75 Å². The molecular formula is C14H19NO. The largest absolute Gasteiger partial charge is 0.508 e. The van der Waals surface area contributed by atoms with Gasteiger partial charge in [-0.25, -0.2) is 0 Å². The highest BCUT2D eigenvalue weighted by Crippen LogP contribution is 2.47. The SMILES string of the molecule is CC1(C)CC1NC1CCc2cc(O)ccc21. The maximum absolute atomic E-state index is 9.44. The first-order valence-electron chi connectivity index (χ1n) is 6.14. The van der Waals surface area contributed by atoms with E-state index in [1.165, 1.54) is 24.0 Å². The maximum Gasteiger partial charge on any atom is 0.115 e. The van der Waals surface area contributed by atoms with E-state index in [9.17, 15) is 5.11 Å². The van der Waals surface area contributed by atoms with Crippen LogP contribution < -0.4 is 5.32 Å². The fourth-order valence-corrected chi connectivity index (χ4v) is 2.77. The van der Waals surface area contributed by atoms with Crippen molar-refractivity contribution >= 4 is 0 Å². The van der Waals surface area contributed by atoms with Gasteiger partial charge >= 0.3 is 0 Å². The Morgan fingerprint density at radius 1 is 1.38 bits per heavy atom. The minimum atomic E-state index is 0.395. The summed E-state index contributed by atoms with van der Waals surface area (Å²) < 4.78 is 0. The third kappa shape index (κ3) is 1.61. The summed E-state index contributed by atoms with van der Waals surface area (Å²) in [4.78, 5) is 0. The van der Waals surface area contributed by atoms with Crippen LogP contribution in [0.5, 0.6) is 5.75 Å². The predicted molar refractivity (Wildman–Crippen MR) is 64.5 cm³/mol. The number of nitrogens with one attached hydrogen (secondary N) is 1. The first-order chi connectivity index (χ1) is 7.56. The fourth-order valence-electron chi connectivity index (χ4n) is 2.77. The molecule has 0 bridgehead atoms. The summed E-state index contributed by atoms with van der Waals surface area (Å²) in [5.41, 5.74) is 3.19. The molecule has 16 heavy (non-hydrogen) atoms. The minimum Gasteiger partial charge on any atom is -0.508 e. The van der Waals surface area contributed by atoms with Crippen LogP contribution in [-0.2, 0) is 6.42 Å². The van der Waals surface area contributed by atoms with E-state index in [0.29, 0.717) is 23.2 Å². The third-order valence-corrected chi connectivity index (χ3v) is 4.12. The second kappa shape index (κ2) is 3.24. The van der Waals surface area contributed by atoms with Gasteiger partial charge in [0.05, 0.1) is 0 Å². The number of phenolic OH excluding ortho intramolecular Hbond substituents is 1. The second-order valence-corrected chi connectivity index (χ2v) is 5.89. The number of aromatic hydroxyl groups is 1. The highest BCUT2D eigenvalue weighted by Gasteiger charge is 2.46. The second-order valence-electron chi connectivity index (χ2n) is 5.89. The van der Waals surface area contributed by atoms with E-state index < -0.39 is 0 Å². The van der Waals surface area contributed by atoms with Crippen LogP contribution in [0, 0.1) is 5.41 Å². The molecule has 0 saturated heterocycles. The summed E-state index contributed by atoms with van der Waals surface area (Å²) in [6.07, 6.45) is 3.55. The molecule has 1 aromatic carbocycles. The Bertz CT molecular complexity index is 425. The highest BCUT2D eigenvalue weighted by molar-refractivity contribution is 5.40. The van der Waals surface area contributed by atoms with Crippen molar-refractivity contribution in [1.29, 1.82) is 0 Å². The number of phenols is 1. The lowest BCUT2D eigenvalue weighted by Crippen LogP contribution is -2.24. The van der Waals surface area contributed by atoms with E-state index in [2.05, 4.69) is 25.2 Å². The average Bonchev–Trinajstić information content (AvgIpc) is 2.65. The average molecular weight is 217 g/mol. The highest BCUT2D eigenvalue weighted by atomic mass is 16.3. The Balaban J connectivity index is 1.77. The van der Waals surface area contributed by atoms with Crippen molar-refractivity contribution in [3.05, 3.63) is 29.3 Å². The number of rotatable bonds is 2. The van der Waals surface area contributed by atoms with E-state index in [1.807, 2.05) is 6.07 Å². The molecule has 0 heterocycles. The zero-order valence-corrected chi connectivity index (χ0v) is 9.96. The van der Waals surface area contributed by atoms with Gasteiger partial charge in [0.1, 0.15) is 5.75 Å². The maximum atomic E-state index is 9.44. The summed E-state index contributed by atoms with van der Waals surface area (Å²) in [5.74, 6) is 0.395. The van der Waals surface area contributed by atoms with E-state index in [-0.39, 0.29) is 0 Å². The van der Waals surface area contributed by atoms with E-state index in [4.69, 9.17) is 0 Å². The van der Waals surface area contributed by atoms with Crippen LogP contribution in [0.15, 0.2) is 18.2 Å². The molecule has 2 aliphatic rings. The van der Waals surface area contributed by atoms with Crippen LogP contribution in [0.2, 0.25) is 0 Å². The third-order valence-electron chi connectivity index (χ3n) is 4.12. The van der Waals surface area contributed by atoms with Gasteiger partial charge < -0.3 is 10.4 Å². The fraction of sp³-hybridized carbons (Fsp3) is 0.571. The molecule has 3 rings (SSSR count). The van der Waals surface area contributed by atoms with Gasteiger partial charge in [-0.1, -0.05) is 19.9 Å². The van der Waals surface area contributed by atoms with Gasteiger partial charge in [0, 0.05) is 12.1 Å². The number of benzene rings is 1. The Labute approximate surface area is 96.7 Å². The van der Waals surface area contributed by atoms with Gasteiger partial charge in [0.25, 0.3) is 0 Å². The molecule has 1 fully saturated rings. The summed E-state index contributed by atoms with van der Waals surface area (Å²) in [6.45, 7) is 4.63. The van der Waals surface area contributed by atoms with Crippen molar-refractivity contribution in [2.24, 2.45) is 5.41 Å². The Hall–Kier alpha value is -1.02. The van der Waals surface area contributed by atoms with Gasteiger partial charge in [-0.15, -0.1) is 0 Å². The Morgan fingerprint density at radius 3 is 2.81 bits per heavy atom. The van der Waals surface area contributed by atoms with Crippen molar-refractivity contribution < 1.29 is 5.11 Å². The number of fused-ring (bicyclic) bond motifs is 1. The molecule has 0 aromatic heterocycles. The molecule has 86 valence electrons. The molecule has 0 amide bonds. The van der Waals surface area contributed by atoms with Gasteiger partial charge in [-0.2, -0.15) is 0 Å². The number of aryl methyl sites for hydroxylation is 1. The zero-order chi connectivity index (χ0) is 11.3. The summed E-state index contributed by atoms with van der Waals surface area (Å²) >= 11 is 0. The lowest BCUT2D eigenvalue weighted by atomic mass is 10.1. The quantitative estimate of drug-likeness (QED) is 0.798. The molecule has 2 atom stereocenters. The molecule has 2 heteroatoms. The topological polar surface area (TPSA) is 32.3 Å². The van der Waals surface area contributed by atoms with Gasteiger partial charge in [-0.05, 0) is 47.9 Å². The van der Waals surface area contributed by atoms with E-state index >= 15 is 0 Å². The predicted octanol–water partition coefficient (Wildman–Crippen LogP) is 2.77. The molecule has 1 aromatic rings. The van der Waals surface area contributed by atoms with E-state index in [1.54, 1.807) is 6.07 Å². The molecule has 0 aliphatic heterocycles. The summed E-state index contributed by atoms with van der Waals surface area (Å²) in [7, 11) is 0. The lowest BCUT2D eigenvalue weighted by Gasteiger charge is -2.15. The number of hydrogen-bond acceptors (Lipinski definition) is 2. The monoisotopic (exact) mass is 217 g/mol. The Kier molecular flexibility index (Phi) is 2.05. The molecule has 1 saturated carbocycles. The summed E-state index contributed by atoms with van der Waals surface area (Å²) in [5, 5.41) is 13.2. The van der Waals surface area contributed by atoms with Crippen molar-refractivity contribution in [3.63, 3.8) is 0 Å². The first-order valence-corrected chi connectivity index (χ1v) is 6.14. The normalized spacial score (nSPS) is 30.1. The summed E-state index contributed by atoms with van der Waals surface area (Å²) in [6, 6.07) is 6.97. The van der Waals surface area contributed by atoms with Crippen LogP contribution in [0.1, 0.15) is 43.9 Å². The van der Waals surface area contributed by atoms with Crippen molar-refractivity contribution in [2.45, 2.75) is 45.2 Å². The van der Waals surface area contributed by atoms with Crippen LogP contribution in [0.4, 0.5) is 0 Å². The van der Waals surface area contributed by atoms with Crippen molar-refractivity contribution in [2.75, 3.05) is 0 Å². The van der Waals surface area contributed by atoms with Crippen molar-refractivity contribution in [1.82, 2.24) is 5.32 Å². The molecule has 0 radical (unpaired) electrons. The zero-order valence-electron chi connectivity index (χ0n) is 9.96. The lowest BCUT2D eigenvalue weighted by molar-refractivity contribution is 0.467. The smallest absolute Gasteiger partial charge is 0.115 e. The standard InChI is InChI=1S/C14H19NO/c1-14(2)8-13(14)15-12-6-3-9-7-10(16)4-5-11(9)12/h4-5,7,12-13,15-16H,3,6,8H2,1-2H3. The molecule has 2 N–H and O–H groups in total. The van der Waals surface area contributed by atoms with Gasteiger partial charge in [0.2, 0.25) is 0 Å². The Morgan fingerprint density at radius 2 is 2.12 bits per heavy atom. The van der Waals surface area contributed by atoms with Crippen LogP contribution in [-0.4, -0.2) is 11.1 Å². The molecule has 2 unspecified atom stereocenters. The van der Waals surface area contributed by atoms with E-state index in [0.717, 1.165) is 6.42 Å². The van der Waals surface area contributed by atoms with Crippen LogP contribution >= 0.6 is 0 Å².